The second-order valence-electron chi connectivity index (χ2n) is 3.98. The maximum absolute atomic E-state index is 5.42. The molecule has 19 heavy (non-hydrogen) atoms. The first-order valence-electron chi connectivity index (χ1n) is 5.84. The molecule has 96 valence electrons. The summed E-state index contributed by atoms with van der Waals surface area (Å²) in [7, 11) is 0. The molecule has 0 bridgehead atoms. The summed E-state index contributed by atoms with van der Waals surface area (Å²) in [5.41, 5.74) is 7.61. The van der Waals surface area contributed by atoms with Gasteiger partial charge in [0.15, 0.2) is 0 Å². The van der Waals surface area contributed by atoms with E-state index < -0.39 is 0 Å². The third-order valence-corrected chi connectivity index (χ3v) is 3.54. The first-order chi connectivity index (χ1) is 9.35. The molecular weight excluding hydrogens is 260 g/mol. The second kappa shape index (κ2) is 5.38. The van der Waals surface area contributed by atoms with E-state index in [1.54, 1.807) is 6.20 Å². The number of fused-ring (bicyclic) bond motifs is 1. The third kappa shape index (κ3) is 2.74. The highest BCUT2D eigenvalue weighted by Crippen LogP contribution is 2.23. The molecule has 6 heteroatoms. The second-order valence-corrected chi connectivity index (χ2v) is 4.91. The van der Waals surface area contributed by atoms with Gasteiger partial charge in [0.2, 0.25) is 5.89 Å². The van der Waals surface area contributed by atoms with Gasteiger partial charge in [-0.05, 0) is 23.8 Å². The number of nitrogens with zero attached hydrogens (tertiary/aromatic N) is 3. The van der Waals surface area contributed by atoms with E-state index in [1.807, 2.05) is 12.1 Å². The van der Waals surface area contributed by atoms with E-state index in [2.05, 4.69) is 33.4 Å². The molecule has 0 aliphatic carbocycles. The summed E-state index contributed by atoms with van der Waals surface area (Å²) < 4.78 is 5.35. The number of thioether (sulfide) groups is 1. The van der Waals surface area contributed by atoms with Crippen LogP contribution in [0.1, 0.15) is 11.5 Å². The molecule has 0 spiro atoms. The average molecular weight is 272 g/mol. The normalized spacial score (nSPS) is 11.0. The fraction of sp³-hybridized carbons (Fsp3) is 0.154. The molecule has 0 aliphatic rings. The number of hydrogen-bond donors (Lipinski definition) is 1. The first kappa shape index (κ1) is 12.1. The van der Waals surface area contributed by atoms with Gasteiger partial charge in [0.1, 0.15) is 0 Å². The lowest BCUT2D eigenvalue weighted by Crippen LogP contribution is -1.95. The minimum atomic E-state index is 0.273. The standard InChI is InChI=1S/C13H12N4OS/c14-7-12-16-17-13(18-12)19-8-9-3-4-11-10(6-9)2-1-5-15-11/h1-6H,7-8,14H2. The number of aromatic nitrogens is 3. The number of nitrogens with two attached hydrogens (primary N) is 1. The minimum Gasteiger partial charge on any atom is -0.415 e. The number of rotatable bonds is 4. The Hall–Kier alpha value is -1.92. The van der Waals surface area contributed by atoms with Gasteiger partial charge in [-0.15, -0.1) is 10.2 Å². The van der Waals surface area contributed by atoms with Gasteiger partial charge < -0.3 is 10.2 Å². The van der Waals surface area contributed by atoms with E-state index in [4.69, 9.17) is 10.2 Å². The van der Waals surface area contributed by atoms with E-state index in [-0.39, 0.29) is 6.54 Å². The maximum atomic E-state index is 5.42. The van der Waals surface area contributed by atoms with Crippen LogP contribution in [-0.4, -0.2) is 15.2 Å². The summed E-state index contributed by atoms with van der Waals surface area (Å²) in [6.07, 6.45) is 1.80. The highest BCUT2D eigenvalue weighted by Gasteiger charge is 2.05. The van der Waals surface area contributed by atoms with Crippen LogP contribution in [0.25, 0.3) is 10.9 Å². The molecule has 3 aromatic rings. The molecule has 0 atom stereocenters. The number of hydrogen-bond acceptors (Lipinski definition) is 6. The average Bonchev–Trinajstić information content (AvgIpc) is 2.93. The monoisotopic (exact) mass is 272 g/mol. The van der Waals surface area contributed by atoms with Crippen LogP contribution in [0.5, 0.6) is 0 Å². The Labute approximate surface area is 114 Å². The molecule has 0 saturated heterocycles. The zero-order chi connectivity index (χ0) is 13.1. The molecular formula is C13H12N4OS. The zero-order valence-corrected chi connectivity index (χ0v) is 10.9. The highest BCUT2D eigenvalue weighted by atomic mass is 32.2. The molecule has 0 unspecified atom stereocenters. The van der Waals surface area contributed by atoms with Crippen molar-refractivity contribution in [1.82, 2.24) is 15.2 Å². The Balaban J connectivity index is 1.74. The molecule has 5 nitrogen and oxygen atoms in total. The van der Waals surface area contributed by atoms with Crippen LogP contribution in [0.2, 0.25) is 0 Å². The van der Waals surface area contributed by atoms with Crippen molar-refractivity contribution >= 4 is 22.7 Å². The van der Waals surface area contributed by atoms with E-state index in [1.165, 1.54) is 17.3 Å². The number of benzene rings is 1. The Kier molecular flexibility index (Phi) is 3.43. The van der Waals surface area contributed by atoms with Crippen molar-refractivity contribution in [3.05, 3.63) is 48.0 Å². The van der Waals surface area contributed by atoms with Crippen molar-refractivity contribution in [1.29, 1.82) is 0 Å². The van der Waals surface area contributed by atoms with Gasteiger partial charge in [0, 0.05) is 17.3 Å². The smallest absolute Gasteiger partial charge is 0.276 e. The quantitative estimate of drug-likeness (QED) is 0.735. The van der Waals surface area contributed by atoms with Crippen molar-refractivity contribution in [2.45, 2.75) is 17.5 Å². The minimum absolute atomic E-state index is 0.273. The zero-order valence-electron chi connectivity index (χ0n) is 10.1. The summed E-state index contributed by atoms with van der Waals surface area (Å²) in [6.45, 7) is 0.273. The van der Waals surface area contributed by atoms with Gasteiger partial charge in [-0.2, -0.15) is 0 Å². The Morgan fingerprint density at radius 3 is 3.00 bits per heavy atom. The van der Waals surface area contributed by atoms with Crippen molar-refractivity contribution in [2.75, 3.05) is 0 Å². The van der Waals surface area contributed by atoms with Crippen LogP contribution in [0, 0.1) is 0 Å². The lowest BCUT2D eigenvalue weighted by Gasteiger charge is -2.01. The predicted octanol–water partition coefficient (Wildman–Crippen LogP) is 2.37. The first-order valence-corrected chi connectivity index (χ1v) is 6.82. The lowest BCUT2D eigenvalue weighted by molar-refractivity contribution is 0.415. The van der Waals surface area contributed by atoms with Crippen LogP contribution in [0.3, 0.4) is 0 Å². The summed E-state index contributed by atoms with van der Waals surface area (Å²) in [5, 5.41) is 9.42. The third-order valence-electron chi connectivity index (χ3n) is 2.65. The van der Waals surface area contributed by atoms with Crippen LogP contribution in [0.15, 0.2) is 46.2 Å². The topological polar surface area (TPSA) is 77.8 Å². The van der Waals surface area contributed by atoms with Gasteiger partial charge in [-0.3, -0.25) is 4.98 Å². The molecule has 1 aromatic carbocycles. The largest absolute Gasteiger partial charge is 0.415 e. The van der Waals surface area contributed by atoms with Crippen molar-refractivity contribution in [2.24, 2.45) is 5.73 Å². The van der Waals surface area contributed by atoms with Gasteiger partial charge in [0.05, 0.1) is 12.1 Å². The van der Waals surface area contributed by atoms with Gasteiger partial charge >= 0.3 is 0 Å². The summed E-state index contributed by atoms with van der Waals surface area (Å²) >= 11 is 1.50. The predicted molar refractivity (Wildman–Crippen MR) is 73.5 cm³/mol. The van der Waals surface area contributed by atoms with Gasteiger partial charge in [0.25, 0.3) is 5.22 Å². The van der Waals surface area contributed by atoms with Crippen molar-refractivity contribution in [3.63, 3.8) is 0 Å². The molecule has 0 amide bonds. The highest BCUT2D eigenvalue weighted by molar-refractivity contribution is 7.98. The molecule has 0 fully saturated rings. The fourth-order valence-electron chi connectivity index (χ4n) is 1.74. The van der Waals surface area contributed by atoms with E-state index >= 15 is 0 Å². The molecule has 3 rings (SSSR count). The van der Waals surface area contributed by atoms with Crippen LogP contribution < -0.4 is 5.73 Å². The molecule has 2 heterocycles. The summed E-state index contributed by atoms with van der Waals surface area (Å²) in [5.74, 6) is 1.24. The molecule has 0 radical (unpaired) electrons. The summed E-state index contributed by atoms with van der Waals surface area (Å²) in [6, 6.07) is 10.2. The maximum Gasteiger partial charge on any atom is 0.276 e. The van der Waals surface area contributed by atoms with E-state index in [9.17, 15) is 0 Å². The molecule has 0 aliphatic heterocycles. The van der Waals surface area contributed by atoms with Crippen molar-refractivity contribution in [3.8, 4) is 0 Å². The van der Waals surface area contributed by atoms with Crippen LogP contribution >= 0.6 is 11.8 Å². The SMILES string of the molecule is NCc1nnc(SCc2ccc3ncccc3c2)o1. The van der Waals surface area contributed by atoms with Gasteiger partial charge in [-0.1, -0.05) is 23.9 Å². The fourth-order valence-corrected chi connectivity index (χ4v) is 2.46. The molecule has 0 saturated carbocycles. The van der Waals surface area contributed by atoms with E-state index in [0.29, 0.717) is 11.1 Å². The van der Waals surface area contributed by atoms with Crippen LogP contribution in [-0.2, 0) is 12.3 Å². The Bertz CT molecular complexity index is 698. The Morgan fingerprint density at radius 1 is 1.21 bits per heavy atom. The summed E-state index contributed by atoms with van der Waals surface area (Å²) in [4.78, 5) is 4.29. The molecule has 2 aromatic heterocycles. The van der Waals surface area contributed by atoms with E-state index in [0.717, 1.165) is 16.7 Å². The molecule has 2 N–H and O–H groups in total. The van der Waals surface area contributed by atoms with Gasteiger partial charge in [-0.25, -0.2) is 0 Å². The van der Waals surface area contributed by atoms with Crippen LogP contribution in [0.4, 0.5) is 0 Å². The Morgan fingerprint density at radius 2 is 2.16 bits per heavy atom. The lowest BCUT2D eigenvalue weighted by atomic mass is 10.1. The number of pyridine rings is 1. The van der Waals surface area contributed by atoms with Crippen molar-refractivity contribution < 1.29 is 4.42 Å².